The average Bonchev–Trinajstić information content (AvgIpc) is 2.97. The number of hydrogen-bond acceptors (Lipinski definition) is 4. The quantitative estimate of drug-likeness (QED) is 0.302. The third-order valence-electron chi connectivity index (χ3n) is 4.53. The Bertz CT molecular complexity index is 810. The van der Waals surface area contributed by atoms with Crippen LogP contribution in [0.2, 0.25) is 0 Å². The van der Waals surface area contributed by atoms with Crippen molar-refractivity contribution >= 4 is 39.9 Å². The number of nitrogens with zero attached hydrogens (tertiary/aromatic N) is 1. The van der Waals surface area contributed by atoms with E-state index >= 15 is 0 Å². The molecule has 1 atom stereocenters. The van der Waals surface area contributed by atoms with Crippen LogP contribution in [0.15, 0.2) is 36.4 Å². The molecule has 138 valence electrons. The van der Waals surface area contributed by atoms with Crippen molar-refractivity contribution in [3.05, 3.63) is 47.5 Å². The number of halogens is 1. The van der Waals surface area contributed by atoms with Gasteiger partial charge < -0.3 is 20.1 Å². The van der Waals surface area contributed by atoms with Crippen molar-refractivity contribution in [3.63, 3.8) is 0 Å². The summed E-state index contributed by atoms with van der Waals surface area (Å²) in [4.78, 5) is 15.0. The van der Waals surface area contributed by atoms with E-state index in [4.69, 9.17) is 15.2 Å². The van der Waals surface area contributed by atoms with E-state index in [0.29, 0.717) is 29.4 Å². The van der Waals surface area contributed by atoms with Crippen molar-refractivity contribution < 1.29 is 14.3 Å². The number of ether oxygens (including phenoxy) is 2. The van der Waals surface area contributed by atoms with Crippen LogP contribution in [0.4, 0.5) is 11.4 Å². The van der Waals surface area contributed by atoms with Crippen LogP contribution in [0.25, 0.3) is 0 Å². The van der Waals surface area contributed by atoms with Crippen LogP contribution >= 0.6 is 22.6 Å². The highest BCUT2D eigenvalue weighted by Gasteiger charge is 2.32. The van der Waals surface area contributed by atoms with Crippen molar-refractivity contribution in [1.82, 2.24) is 0 Å². The molecule has 2 aromatic carbocycles. The molecule has 1 amide bonds. The molecule has 1 aliphatic heterocycles. The lowest BCUT2D eigenvalue weighted by molar-refractivity contribution is 0.0982. The molecule has 3 rings (SSSR count). The molecule has 1 heterocycles. The van der Waals surface area contributed by atoms with Gasteiger partial charge in [0.1, 0.15) is 0 Å². The molecule has 0 bridgehead atoms. The molecule has 1 aliphatic rings. The van der Waals surface area contributed by atoms with E-state index in [2.05, 4.69) is 28.7 Å². The van der Waals surface area contributed by atoms with Crippen molar-refractivity contribution in [3.8, 4) is 11.5 Å². The van der Waals surface area contributed by atoms with Crippen LogP contribution in [0.5, 0.6) is 11.5 Å². The number of rotatable bonds is 6. The second-order valence-electron chi connectivity index (χ2n) is 6.34. The first kappa shape index (κ1) is 18.8. The topological polar surface area (TPSA) is 64.8 Å². The number of nitrogens with two attached hydrogens (primary N) is 1. The minimum Gasteiger partial charge on any atom is -0.493 e. The molecule has 2 aromatic rings. The summed E-state index contributed by atoms with van der Waals surface area (Å²) in [6.45, 7) is 2.63. The van der Waals surface area contributed by atoms with E-state index in [1.165, 1.54) is 5.56 Å². The molecular formula is C20H23IN2O3. The average molecular weight is 466 g/mol. The van der Waals surface area contributed by atoms with Crippen LogP contribution in [-0.4, -0.2) is 30.1 Å². The fourth-order valence-corrected chi connectivity index (χ4v) is 3.59. The number of benzene rings is 2. The van der Waals surface area contributed by atoms with Crippen LogP contribution < -0.4 is 20.1 Å². The van der Waals surface area contributed by atoms with Gasteiger partial charge in [0.2, 0.25) is 0 Å². The molecular weight excluding hydrogens is 443 g/mol. The number of methoxy groups -OCH3 is 1. The third kappa shape index (κ3) is 3.60. The molecule has 0 saturated heterocycles. The number of carbonyl (C=O) groups excluding carboxylic acids is 1. The Labute approximate surface area is 167 Å². The lowest BCUT2D eigenvalue weighted by Gasteiger charge is -2.24. The van der Waals surface area contributed by atoms with E-state index in [-0.39, 0.29) is 11.9 Å². The van der Waals surface area contributed by atoms with E-state index in [9.17, 15) is 4.79 Å². The SMILES string of the molecule is COc1cc(C(=O)N2c3ccccc3C[C@H]2C)c(N)cc1OCCCI. The molecule has 6 heteroatoms. The molecule has 0 unspecified atom stereocenters. The zero-order chi connectivity index (χ0) is 18.7. The fraction of sp³-hybridized carbons (Fsp3) is 0.350. The maximum Gasteiger partial charge on any atom is 0.260 e. The zero-order valence-corrected chi connectivity index (χ0v) is 17.2. The molecule has 26 heavy (non-hydrogen) atoms. The van der Waals surface area contributed by atoms with Gasteiger partial charge in [-0.15, -0.1) is 0 Å². The van der Waals surface area contributed by atoms with Gasteiger partial charge in [0, 0.05) is 27.9 Å². The van der Waals surface area contributed by atoms with Crippen LogP contribution in [0.3, 0.4) is 0 Å². The van der Waals surface area contributed by atoms with Gasteiger partial charge in [-0.1, -0.05) is 40.8 Å². The van der Waals surface area contributed by atoms with Gasteiger partial charge in [-0.05, 0) is 37.5 Å². The predicted octanol–water partition coefficient (Wildman–Crippen LogP) is 4.07. The summed E-state index contributed by atoms with van der Waals surface area (Å²) in [6, 6.07) is 11.4. The molecule has 0 radical (unpaired) electrons. The van der Waals surface area contributed by atoms with E-state index in [0.717, 1.165) is 23.0 Å². The summed E-state index contributed by atoms with van der Waals surface area (Å²) in [5, 5.41) is 0. The standard InChI is InChI=1S/C20H23IN2O3/c1-13-10-14-6-3-4-7-17(14)23(13)20(24)15-11-18(25-2)19(12-16(15)22)26-9-5-8-21/h3-4,6-7,11-13H,5,8-10,22H2,1-2H3/t13-/m1/s1. The third-order valence-corrected chi connectivity index (χ3v) is 5.29. The minimum atomic E-state index is -0.114. The smallest absolute Gasteiger partial charge is 0.260 e. The lowest BCUT2D eigenvalue weighted by atomic mass is 10.1. The van der Waals surface area contributed by atoms with E-state index in [1.54, 1.807) is 19.2 Å². The highest BCUT2D eigenvalue weighted by atomic mass is 127. The van der Waals surface area contributed by atoms with E-state index in [1.807, 2.05) is 30.0 Å². The van der Waals surface area contributed by atoms with Gasteiger partial charge in [-0.25, -0.2) is 0 Å². The Morgan fingerprint density at radius 2 is 2.08 bits per heavy atom. The molecule has 5 nitrogen and oxygen atoms in total. The Balaban J connectivity index is 1.92. The van der Waals surface area contributed by atoms with Crippen molar-refractivity contribution in [2.75, 3.05) is 28.8 Å². The molecule has 0 aromatic heterocycles. The van der Waals surface area contributed by atoms with Gasteiger partial charge in [0.05, 0.1) is 19.3 Å². The monoisotopic (exact) mass is 466 g/mol. The summed E-state index contributed by atoms with van der Waals surface area (Å²) in [5.41, 5.74) is 9.16. The normalized spacial score (nSPS) is 15.7. The Morgan fingerprint density at radius 1 is 1.31 bits per heavy atom. The first-order valence-electron chi connectivity index (χ1n) is 8.64. The Kier molecular flexibility index (Phi) is 5.90. The molecule has 0 spiro atoms. The summed E-state index contributed by atoms with van der Waals surface area (Å²) in [7, 11) is 1.57. The molecule has 0 saturated carbocycles. The number of amides is 1. The van der Waals surface area contributed by atoms with Crippen LogP contribution in [0, 0.1) is 0 Å². The molecule has 0 aliphatic carbocycles. The first-order chi connectivity index (χ1) is 12.6. The van der Waals surface area contributed by atoms with Gasteiger partial charge in [0.15, 0.2) is 11.5 Å². The van der Waals surface area contributed by atoms with E-state index < -0.39 is 0 Å². The minimum absolute atomic E-state index is 0.0878. The summed E-state index contributed by atoms with van der Waals surface area (Å²) in [6.07, 6.45) is 1.78. The largest absolute Gasteiger partial charge is 0.493 e. The predicted molar refractivity (Wildman–Crippen MR) is 113 cm³/mol. The van der Waals surface area contributed by atoms with Gasteiger partial charge in [0.25, 0.3) is 5.91 Å². The maximum absolute atomic E-state index is 13.2. The number of carbonyl (C=O) groups is 1. The number of para-hydroxylation sites is 1. The highest BCUT2D eigenvalue weighted by Crippen LogP contribution is 2.37. The van der Waals surface area contributed by atoms with Gasteiger partial charge >= 0.3 is 0 Å². The number of nitrogen functional groups attached to an aromatic ring is 1. The number of fused-ring (bicyclic) bond motifs is 1. The zero-order valence-electron chi connectivity index (χ0n) is 15.0. The highest BCUT2D eigenvalue weighted by molar-refractivity contribution is 14.1. The van der Waals surface area contributed by atoms with Gasteiger partial charge in [-0.2, -0.15) is 0 Å². The number of alkyl halides is 1. The Morgan fingerprint density at radius 3 is 2.81 bits per heavy atom. The second-order valence-corrected chi connectivity index (χ2v) is 7.42. The van der Waals surface area contributed by atoms with Crippen molar-refractivity contribution in [2.24, 2.45) is 0 Å². The second kappa shape index (κ2) is 8.16. The lowest BCUT2D eigenvalue weighted by Crippen LogP contribution is -2.36. The number of hydrogen-bond donors (Lipinski definition) is 1. The number of anilines is 2. The van der Waals surface area contributed by atoms with Crippen molar-refractivity contribution in [2.45, 2.75) is 25.8 Å². The molecule has 0 fully saturated rings. The first-order valence-corrected chi connectivity index (χ1v) is 10.2. The van der Waals surface area contributed by atoms with Gasteiger partial charge in [-0.3, -0.25) is 4.79 Å². The van der Waals surface area contributed by atoms with Crippen LogP contribution in [0.1, 0.15) is 29.3 Å². The molecule has 2 N–H and O–H groups in total. The summed E-state index contributed by atoms with van der Waals surface area (Å²) < 4.78 is 12.2. The fourth-order valence-electron chi connectivity index (χ4n) is 3.27. The summed E-state index contributed by atoms with van der Waals surface area (Å²) in [5.74, 6) is 0.981. The Hall–Kier alpha value is -1.96. The summed E-state index contributed by atoms with van der Waals surface area (Å²) >= 11 is 2.31. The van der Waals surface area contributed by atoms with Crippen LogP contribution in [-0.2, 0) is 6.42 Å². The maximum atomic E-state index is 13.2. The van der Waals surface area contributed by atoms with Crippen molar-refractivity contribution in [1.29, 1.82) is 0 Å².